The zero-order chi connectivity index (χ0) is 9.84. The Labute approximate surface area is 82.7 Å². The summed E-state index contributed by atoms with van der Waals surface area (Å²) in [5, 5.41) is 0. The van der Waals surface area contributed by atoms with E-state index in [1.165, 1.54) is 43.3 Å². The van der Waals surface area contributed by atoms with E-state index < -0.39 is 0 Å². The highest BCUT2D eigenvalue weighted by Gasteiger charge is 2.24. The van der Waals surface area contributed by atoms with Crippen molar-refractivity contribution in [2.75, 3.05) is 0 Å². The maximum Gasteiger partial charge on any atom is -0.0200 e. The molecule has 0 amide bonds. The lowest BCUT2D eigenvalue weighted by Crippen LogP contribution is -2.18. The molecule has 1 fully saturated rings. The van der Waals surface area contributed by atoms with E-state index in [-0.39, 0.29) is 0 Å². The van der Waals surface area contributed by atoms with Crippen LogP contribution >= 0.6 is 0 Å². The quantitative estimate of drug-likeness (QED) is 0.564. The monoisotopic (exact) mass is 178 g/mol. The van der Waals surface area contributed by atoms with Crippen LogP contribution in [0.5, 0.6) is 0 Å². The van der Waals surface area contributed by atoms with Gasteiger partial charge < -0.3 is 0 Å². The van der Waals surface area contributed by atoms with Crippen molar-refractivity contribution in [1.82, 2.24) is 0 Å². The van der Waals surface area contributed by atoms with Gasteiger partial charge in [0.1, 0.15) is 0 Å². The van der Waals surface area contributed by atoms with Gasteiger partial charge in [-0.1, -0.05) is 37.6 Å². The Morgan fingerprint density at radius 2 is 2.23 bits per heavy atom. The van der Waals surface area contributed by atoms with E-state index in [9.17, 15) is 0 Å². The first-order valence-corrected chi connectivity index (χ1v) is 5.48. The summed E-state index contributed by atoms with van der Waals surface area (Å²) in [5.41, 5.74) is 2.85. The fourth-order valence-electron chi connectivity index (χ4n) is 2.31. The molecule has 0 N–H and O–H groups in total. The summed E-state index contributed by atoms with van der Waals surface area (Å²) in [7, 11) is 0. The van der Waals surface area contributed by atoms with Gasteiger partial charge in [-0.05, 0) is 44.4 Å². The van der Waals surface area contributed by atoms with Crippen molar-refractivity contribution in [3.8, 4) is 0 Å². The average Bonchev–Trinajstić information content (AvgIpc) is 2.08. The van der Waals surface area contributed by atoms with Crippen LogP contribution in [0.25, 0.3) is 0 Å². The van der Waals surface area contributed by atoms with Crippen LogP contribution in [-0.2, 0) is 0 Å². The number of allylic oxidation sites excluding steroid dienone is 2. The van der Waals surface area contributed by atoms with E-state index in [0.29, 0.717) is 0 Å². The third-order valence-electron chi connectivity index (χ3n) is 3.29. The molecule has 74 valence electrons. The zero-order valence-electron chi connectivity index (χ0n) is 9.10. The van der Waals surface area contributed by atoms with Gasteiger partial charge in [0.25, 0.3) is 0 Å². The Morgan fingerprint density at radius 3 is 2.77 bits per heavy atom. The van der Waals surface area contributed by atoms with Crippen LogP contribution in [0.4, 0.5) is 0 Å². The smallest absolute Gasteiger partial charge is 0.0200 e. The second-order valence-corrected chi connectivity index (χ2v) is 4.46. The molecular weight excluding hydrogens is 156 g/mol. The fraction of sp³-hybridized carbons (Fsp3) is 0.692. The summed E-state index contributed by atoms with van der Waals surface area (Å²) >= 11 is 0. The molecule has 2 atom stereocenters. The maximum atomic E-state index is 4.18. The first kappa shape index (κ1) is 10.6. The highest BCUT2D eigenvalue weighted by molar-refractivity contribution is 5.10. The lowest BCUT2D eigenvalue weighted by Gasteiger charge is -2.31. The van der Waals surface area contributed by atoms with E-state index in [1.54, 1.807) is 0 Å². The van der Waals surface area contributed by atoms with E-state index in [0.717, 1.165) is 11.8 Å². The van der Waals surface area contributed by atoms with E-state index in [4.69, 9.17) is 0 Å². The number of rotatable bonds is 3. The molecule has 0 aromatic rings. The highest BCUT2D eigenvalue weighted by Crippen LogP contribution is 2.37. The summed E-state index contributed by atoms with van der Waals surface area (Å²) in [6.45, 7) is 12.7. The van der Waals surface area contributed by atoms with Gasteiger partial charge in [-0.3, -0.25) is 0 Å². The van der Waals surface area contributed by atoms with Gasteiger partial charge in [-0.25, -0.2) is 0 Å². The van der Waals surface area contributed by atoms with Crippen molar-refractivity contribution in [3.63, 3.8) is 0 Å². The van der Waals surface area contributed by atoms with Crippen molar-refractivity contribution in [3.05, 3.63) is 24.3 Å². The zero-order valence-corrected chi connectivity index (χ0v) is 9.10. The van der Waals surface area contributed by atoms with Gasteiger partial charge in [0.2, 0.25) is 0 Å². The minimum absolute atomic E-state index is 0.766. The molecule has 1 saturated carbocycles. The lowest BCUT2D eigenvalue weighted by atomic mass is 9.74. The molecule has 0 heteroatoms. The van der Waals surface area contributed by atoms with Crippen LogP contribution < -0.4 is 0 Å². The third-order valence-corrected chi connectivity index (χ3v) is 3.29. The largest absolute Gasteiger partial charge is 0.0999 e. The molecule has 1 rings (SSSR count). The SMILES string of the molecule is C=C(C)[C@H]1CCC(=C)[C@H](CCC)C1. The molecule has 1 aliphatic rings. The summed E-state index contributed by atoms with van der Waals surface area (Å²) < 4.78 is 0. The summed E-state index contributed by atoms with van der Waals surface area (Å²) in [5.74, 6) is 1.54. The van der Waals surface area contributed by atoms with Crippen LogP contribution in [0.15, 0.2) is 24.3 Å². The Balaban J connectivity index is 2.52. The minimum Gasteiger partial charge on any atom is -0.0999 e. The summed E-state index contributed by atoms with van der Waals surface area (Å²) in [6.07, 6.45) is 6.42. The van der Waals surface area contributed by atoms with Gasteiger partial charge in [0.15, 0.2) is 0 Å². The van der Waals surface area contributed by atoms with Gasteiger partial charge in [0, 0.05) is 0 Å². The van der Waals surface area contributed by atoms with Crippen molar-refractivity contribution in [2.24, 2.45) is 11.8 Å². The summed E-state index contributed by atoms with van der Waals surface area (Å²) in [4.78, 5) is 0. The molecule has 0 aliphatic heterocycles. The van der Waals surface area contributed by atoms with E-state index >= 15 is 0 Å². The van der Waals surface area contributed by atoms with Crippen molar-refractivity contribution < 1.29 is 0 Å². The number of hydrogen-bond acceptors (Lipinski definition) is 0. The molecule has 0 saturated heterocycles. The molecule has 0 nitrogen and oxygen atoms in total. The Morgan fingerprint density at radius 1 is 1.54 bits per heavy atom. The van der Waals surface area contributed by atoms with E-state index in [2.05, 4.69) is 27.0 Å². The summed E-state index contributed by atoms with van der Waals surface area (Å²) in [6, 6.07) is 0. The molecule has 0 aromatic heterocycles. The maximum absolute atomic E-state index is 4.18. The van der Waals surface area contributed by atoms with Crippen LogP contribution in [0.3, 0.4) is 0 Å². The molecule has 0 unspecified atom stereocenters. The van der Waals surface area contributed by atoms with Crippen molar-refractivity contribution in [1.29, 1.82) is 0 Å². The second-order valence-electron chi connectivity index (χ2n) is 4.46. The highest BCUT2D eigenvalue weighted by atomic mass is 14.3. The predicted octanol–water partition coefficient (Wildman–Crippen LogP) is 4.34. The second kappa shape index (κ2) is 4.64. The van der Waals surface area contributed by atoms with E-state index in [1.807, 2.05) is 0 Å². The van der Waals surface area contributed by atoms with Crippen LogP contribution in [0.1, 0.15) is 46.0 Å². The molecule has 1 aliphatic carbocycles. The van der Waals surface area contributed by atoms with Crippen LogP contribution in [-0.4, -0.2) is 0 Å². The first-order chi connectivity index (χ1) is 6.15. The molecule has 0 bridgehead atoms. The number of hydrogen-bond donors (Lipinski definition) is 0. The van der Waals surface area contributed by atoms with Gasteiger partial charge in [-0.15, -0.1) is 0 Å². The van der Waals surface area contributed by atoms with Crippen molar-refractivity contribution >= 4 is 0 Å². The molecule has 13 heavy (non-hydrogen) atoms. The Bertz CT molecular complexity index is 200. The fourth-order valence-corrected chi connectivity index (χ4v) is 2.31. The average molecular weight is 178 g/mol. The molecule has 0 spiro atoms. The van der Waals surface area contributed by atoms with Crippen LogP contribution in [0, 0.1) is 11.8 Å². The minimum atomic E-state index is 0.766. The lowest BCUT2D eigenvalue weighted by molar-refractivity contribution is 0.353. The van der Waals surface area contributed by atoms with Crippen molar-refractivity contribution in [2.45, 2.75) is 46.0 Å². The molecule has 0 radical (unpaired) electrons. The predicted molar refractivity (Wildman–Crippen MR) is 59.7 cm³/mol. The third kappa shape index (κ3) is 2.72. The topological polar surface area (TPSA) is 0 Å². The Kier molecular flexibility index (Phi) is 3.77. The standard InChI is InChI=1S/C13H22/c1-5-6-13-9-12(10(2)3)8-7-11(13)4/h12-13H,2,4-9H2,1,3H3/t12-,13+/m0/s1. The molecular formula is C13H22. The molecule has 0 heterocycles. The first-order valence-electron chi connectivity index (χ1n) is 5.48. The van der Waals surface area contributed by atoms with Gasteiger partial charge in [-0.2, -0.15) is 0 Å². The normalized spacial score (nSPS) is 28.9. The molecule has 0 aromatic carbocycles. The van der Waals surface area contributed by atoms with Crippen LogP contribution in [0.2, 0.25) is 0 Å². The Hall–Kier alpha value is -0.520. The van der Waals surface area contributed by atoms with Gasteiger partial charge in [0.05, 0.1) is 0 Å². The van der Waals surface area contributed by atoms with Gasteiger partial charge >= 0.3 is 0 Å².